The van der Waals surface area contributed by atoms with E-state index in [9.17, 15) is 28.8 Å². The van der Waals surface area contributed by atoms with Gasteiger partial charge < -0.3 is 38.3 Å². The molecule has 4 atom stereocenters. The lowest BCUT2D eigenvalue weighted by molar-refractivity contribution is -0.164. The van der Waals surface area contributed by atoms with Crippen LogP contribution < -0.4 is 33.6 Å². The van der Waals surface area contributed by atoms with Crippen LogP contribution in [0, 0.1) is 0 Å². The Balaban J connectivity index is 5.26. The predicted molar refractivity (Wildman–Crippen MR) is 99.1 cm³/mol. The molecule has 0 rings (SSSR count). The van der Waals surface area contributed by atoms with E-state index in [1.807, 2.05) is 0 Å². The van der Waals surface area contributed by atoms with Crippen LogP contribution in [0.25, 0.3) is 0 Å². The Bertz CT molecular complexity index is 596. The molecule has 10 N–H and O–H groups in total. The molecule has 0 unspecified atom stereocenters. The van der Waals surface area contributed by atoms with Crippen molar-refractivity contribution in [3.8, 4) is 0 Å². The third-order valence-corrected chi connectivity index (χ3v) is 3.59. The maximum absolute atomic E-state index is 12.3. The van der Waals surface area contributed by atoms with Crippen molar-refractivity contribution in [2.45, 2.75) is 63.7 Å². The van der Waals surface area contributed by atoms with Gasteiger partial charge in [-0.15, -0.1) is 0 Å². The molecule has 0 fully saturated rings. The predicted octanol–water partition coefficient (Wildman–Crippen LogP) is -3.75. The summed E-state index contributed by atoms with van der Waals surface area (Å²) in [4.78, 5) is 70.1. The molecule has 13 nitrogen and oxygen atoms in total. The third kappa shape index (κ3) is 10.8. The molecular weight excluding hydrogens is 388 g/mol. The lowest BCUT2D eigenvalue weighted by Gasteiger charge is -2.21. The lowest BCUT2D eigenvalue weighted by atomic mass is 10.1. The normalized spacial score (nSPS) is 14.6. The highest BCUT2D eigenvalue weighted by molar-refractivity contribution is 5.96. The summed E-state index contributed by atoms with van der Waals surface area (Å²) in [6, 6.07) is -4.71. The highest BCUT2D eigenvalue weighted by Gasteiger charge is 2.30. The second kappa shape index (κ2) is 12.4. The van der Waals surface area contributed by atoms with Crippen molar-refractivity contribution in [1.82, 2.24) is 10.6 Å². The quantitative estimate of drug-likeness (QED) is 0.135. The van der Waals surface area contributed by atoms with E-state index in [0.717, 1.165) is 0 Å². The zero-order chi connectivity index (χ0) is 22.7. The van der Waals surface area contributed by atoms with Crippen molar-refractivity contribution < 1.29 is 33.5 Å². The van der Waals surface area contributed by atoms with E-state index in [2.05, 4.69) is 10.6 Å². The van der Waals surface area contributed by atoms with Crippen molar-refractivity contribution in [3.63, 3.8) is 0 Å². The number of ether oxygens (including phenoxy) is 1. The molecule has 0 radical (unpaired) electrons. The molecule has 0 aliphatic rings. The van der Waals surface area contributed by atoms with Gasteiger partial charge in [0.2, 0.25) is 23.6 Å². The maximum atomic E-state index is 12.3. The average molecular weight is 416 g/mol. The van der Waals surface area contributed by atoms with Gasteiger partial charge in [-0.1, -0.05) is 0 Å². The van der Waals surface area contributed by atoms with Crippen LogP contribution in [-0.2, 0) is 33.5 Å². The van der Waals surface area contributed by atoms with Gasteiger partial charge in [-0.2, -0.15) is 0 Å². The van der Waals surface area contributed by atoms with E-state index in [1.165, 1.54) is 13.8 Å². The molecule has 4 amide bonds. The summed E-state index contributed by atoms with van der Waals surface area (Å²) in [5.41, 5.74) is 20.9. The SMILES string of the molecule is C[C@H](N)C(=O)N[C@@H](CCC(N)=O)C(=O)OC(=O)[C@H](CCC(N)=O)NC(=O)[C@H](C)N. The number of esters is 2. The second-order valence-electron chi connectivity index (χ2n) is 6.45. The van der Waals surface area contributed by atoms with Gasteiger partial charge in [-0.3, -0.25) is 19.2 Å². The number of primary amides is 2. The van der Waals surface area contributed by atoms with Gasteiger partial charge in [0.1, 0.15) is 12.1 Å². The summed E-state index contributed by atoms with van der Waals surface area (Å²) in [6.45, 7) is 2.72. The highest BCUT2D eigenvalue weighted by Crippen LogP contribution is 2.06. The second-order valence-corrected chi connectivity index (χ2v) is 6.45. The van der Waals surface area contributed by atoms with Crippen molar-refractivity contribution in [3.05, 3.63) is 0 Å². The molecule has 13 heteroatoms. The van der Waals surface area contributed by atoms with Gasteiger partial charge in [0.15, 0.2) is 0 Å². The van der Waals surface area contributed by atoms with Crippen molar-refractivity contribution in [1.29, 1.82) is 0 Å². The maximum Gasteiger partial charge on any atom is 0.336 e. The molecule has 0 aromatic heterocycles. The van der Waals surface area contributed by atoms with E-state index >= 15 is 0 Å². The van der Waals surface area contributed by atoms with Crippen LogP contribution in [-0.4, -0.2) is 59.7 Å². The summed E-state index contributed by atoms with van der Waals surface area (Å²) in [7, 11) is 0. The summed E-state index contributed by atoms with van der Waals surface area (Å²) in [6.07, 6.45) is -1.03. The fourth-order valence-electron chi connectivity index (χ4n) is 1.92. The summed E-state index contributed by atoms with van der Waals surface area (Å²) < 4.78 is 4.71. The molecule has 0 saturated heterocycles. The fraction of sp³-hybridized carbons (Fsp3) is 0.625. The Labute approximate surface area is 167 Å². The molecule has 0 aliphatic carbocycles. The highest BCUT2D eigenvalue weighted by atomic mass is 16.6. The van der Waals surface area contributed by atoms with Crippen LogP contribution in [0.2, 0.25) is 0 Å². The van der Waals surface area contributed by atoms with E-state index in [-0.39, 0.29) is 25.7 Å². The smallest absolute Gasteiger partial charge is 0.336 e. The van der Waals surface area contributed by atoms with Crippen LogP contribution in [0.15, 0.2) is 0 Å². The molecule has 164 valence electrons. The lowest BCUT2D eigenvalue weighted by Crippen LogP contribution is -2.51. The first-order valence-electron chi connectivity index (χ1n) is 8.79. The van der Waals surface area contributed by atoms with Crippen molar-refractivity contribution in [2.24, 2.45) is 22.9 Å². The number of rotatable bonds is 12. The van der Waals surface area contributed by atoms with Gasteiger partial charge in [0.05, 0.1) is 12.1 Å². The van der Waals surface area contributed by atoms with Crippen LogP contribution in [0.3, 0.4) is 0 Å². The van der Waals surface area contributed by atoms with E-state index in [1.54, 1.807) is 0 Å². The Hall–Kier alpha value is -3.06. The topological polar surface area (TPSA) is 240 Å². The molecular formula is C16H28N6O7. The summed E-state index contributed by atoms with van der Waals surface area (Å²) in [5, 5.41) is 4.49. The van der Waals surface area contributed by atoms with Gasteiger partial charge >= 0.3 is 11.9 Å². The molecule has 0 aromatic rings. The largest absolute Gasteiger partial charge is 0.390 e. The van der Waals surface area contributed by atoms with Gasteiger partial charge in [-0.05, 0) is 26.7 Å². The molecule has 0 bridgehead atoms. The molecule has 0 saturated carbocycles. The first kappa shape index (κ1) is 25.9. The number of carbonyl (C=O) groups is 6. The van der Waals surface area contributed by atoms with E-state index < -0.39 is 59.7 Å². The number of nitrogens with two attached hydrogens (primary N) is 4. The number of amides is 4. The summed E-state index contributed by atoms with van der Waals surface area (Å²) >= 11 is 0. The third-order valence-electron chi connectivity index (χ3n) is 3.59. The van der Waals surface area contributed by atoms with Crippen molar-refractivity contribution in [2.75, 3.05) is 0 Å². The minimum Gasteiger partial charge on any atom is -0.390 e. The van der Waals surface area contributed by atoms with Gasteiger partial charge in [0, 0.05) is 12.8 Å². The monoisotopic (exact) mass is 416 g/mol. The number of nitrogens with one attached hydrogen (secondary N) is 2. The van der Waals surface area contributed by atoms with Crippen LogP contribution in [0.1, 0.15) is 39.5 Å². The van der Waals surface area contributed by atoms with E-state index in [0.29, 0.717) is 0 Å². The number of hydrogen-bond acceptors (Lipinski definition) is 9. The van der Waals surface area contributed by atoms with Crippen molar-refractivity contribution >= 4 is 35.6 Å². The Morgan fingerprint density at radius 3 is 1.28 bits per heavy atom. The summed E-state index contributed by atoms with van der Waals surface area (Å²) in [5.74, 6) is -5.31. The average Bonchev–Trinajstić information content (AvgIpc) is 2.60. The first-order chi connectivity index (χ1) is 13.3. The van der Waals surface area contributed by atoms with Gasteiger partial charge in [-0.25, -0.2) is 9.59 Å². The Morgan fingerprint density at radius 1 is 0.724 bits per heavy atom. The number of carbonyl (C=O) groups excluding carboxylic acids is 6. The molecule has 0 aromatic carbocycles. The first-order valence-corrected chi connectivity index (χ1v) is 8.79. The minimum atomic E-state index is -1.38. The molecule has 0 spiro atoms. The van der Waals surface area contributed by atoms with Crippen LogP contribution in [0.5, 0.6) is 0 Å². The number of hydrogen-bond donors (Lipinski definition) is 6. The van der Waals surface area contributed by atoms with Crippen LogP contribution >= 0.6 is 0 Å². The van der Waals surface area contributed by atoms with Crippen LogP contribution in [0.4, 0.5) is 0 Å². The molecule has 0 heterocycles. The molecule has 29 heavy (non-hydrogen) atoms. The Kier molecular flexibility index (Phi) is 11.1. The standard InChI is InChI=1S/C16H28N6O7/c1-7(17)13(25)21-9(3-5-11(19)23)15(27)29-16(28)10(4-6-12(20)24)22-14(26)8(2)18/h7-10H,3-6,17-18H2,1-2H3,(H2,19,23)(H2,20,24)(H,21,25)(H,22,26)/t7-,8-,9-,10-/m0/s1. The zero-order valence-electron chi connectivity index (χ0n) is 16.3. The zero-order valence-corrected chi connectivity index (χ0v) is 16.3. The molecule has 0 aliphatic heterocycles. The minimum absolute atomic E-state index is 0.238. The fourth-order valence-corrected chi connectivity index (χ4v) is 1.92. The van der Waals surface area contributed by atoms with Gasteiger partial charge in [0.25, 0.3) is 0 Å². The Morgan fingerprint density at radius 2 is 1.03 bits per heavy atom. The van der Waals surface area contributed by atoms with E-state index in [4.69, 9.17) is 27.7 Å².